The van der Waals surface area contributed by atoms with Crippen molar-refractivity contribution < 1.29 is 8.42 Å². The lowest BCUT2D eigenvalue weighted by molar-refractivity contribution is 0.473. The first-order valence-electron chi connectivity index (χ1n) is 6.18. The van der Waals surface area contributed by atoms with Crippen molar-refractivity contribution in [3.8, 4) is 0 Å². The third kappa shape index (κ3) is 2.03. The van der Waals surface area contributed by atoms with Crippen LogP contribution in [0, 0.1) is 6.92 Å². The molecule has 0 unspecified atom stereocenters. The Morgan fingerprint density at radius 2 is 2.26 bits per heavy atom. The van der Waals surface area contributed by atoms with Gasteiger partial charge in [-0.3, -0.25) is 5.10 Å². The van der Waals surface area contributed by atoms with Crippen molar-refractivity contribution in [1.82, 2.24) is 14.5 Å². The van der Waals surface area contributed by atoms with Crippen LogP contribution in [0.5, 0.6) is 0 Å². The molecule has 3 N–H and O–H groups in total. The van der Waals surface area contributed by atoms with Crippen LogP contribution < -0.4 is 5.73 Å². The summed E-state index contributed by atoms with van der Waals surface area (Å²) in [6.45, 7) is 2.74. The van der Waals surface area contributed by atoms with E-state index < -0.39 is 10.0 Å². The van der Waals surface area contributed by atoms with E-state index >= 15 is 0 Å². The molecule has 2 heterocycles. The van der Waals surface area contributed by atoms with Gasteiger partial charge >= 0.3 is 0 Å². The number of aromatic nitrogens is 2. The number of hydrogen-bond donors (Lipinski definition) is 2. The summed E-state index contributed by atoms with van der Waals surface area (Å²) < 4.78 is 26.8. The van der Waals surface area contributed by atoms with Crippen LogP contribution in [-0.4, -0.2) is 42.1 Å². The van der Waals surface area contributed by atoms with Crippen LogP contribution in [0.1, 0.15) is 12.0 Å². The minimum Gasteiger partial charge on any atom is -0.326 e. The van der Waals surface area contributed by atoms with Crippen LogP contribution in [0.25, 0.3) is 10.9 Å². The van der Waals surface area contributed by atoms with Crippen LogP contribution in [0.15, 0.2) is 23.2 Å². The third-order valence-electron chi connectivity index (χ3n) is 3.46. The largest absolute Gasteiger partial charge is 0.326 e. The number of benzene rings is 1. The van der Waals surface area contributed by atoms with Gasteiger partial charge in [0, 0.05) is 24.5 Å². The first-order valence-corrected chi connectivity index (χ1v) is 7.62. The number of aryl methyl sites for hydroxylation is 1. The molecule has 2 aromatic rings. The summed E-state index contributed by atoms with van der Waals surface area (Å²) in [7, 11) is -3.51. The van der Waals surface area contributed by atoms with E-state index in [0.717, 1.165) is 10.9 Å². The van der Waals surface area contributed by atoms with Gasteiger partial charge in [0.15, 0.2) is 0 Å². The first-order chi connectivity index (χ1) is 8.98. The van der Waals surface area contributed by atoms with Gasteiger partial charge < -0.3 is 5.73 Å². The van der Waals surface area contributed by atoms with Gasteiger partial charge in [0.2, 0.25) is 10.0 Å². The fraction of sp³-hybridized carbons (Fsp3) is 0.417. The Hall–Kier alpha value is -1.44. The highest BCUT2D eigenvalue weighted by molar-refractivity contribution is 7.89. The number of aromatic amines is 1. The first kappa shape index (κ1) is 12.6. The molecular weight excluding hydrogens is 264 g/mol. The second-order valence-electron chi connectivity index (χ2n) is 5.01. The molecule has 0 aliphatic carbocycles. The van der Waals surface area contributed by atoms with Gasteiger partial charge in [-0.15, -0.1) is 0 Å². The molecule has 7 heteroatoms. The predicted molar refractivity (Wildman–Crippen MR) is 72.2 cm³/mol. The van der Waals surface area contributed by atoms with Gasteiger partial charge in [-0.25, -0.2) is 8.42 Å². The van der Waals surface area contributed by atoms with E-state index in [-0.39, 0.29) is 10.9 Å². The molecule has 0 saturated carbocycles. The Bertz CT molecular complexity index is 722. The summed E-state index contributed by atoms with van der Waals surface area (Å²) in [6.07, 6.45) is 2.34. The molecule has 3 rings (SSSR count). The fourth-order valence-corrected chi connectivity index (χ4v) is 4.25. The van der Waals surface area contributed by atoms with Crippen molar-refractivity contribution in [2.24, 2.45) is 5.73 Å². The zero-order valence-electron chi connectivity index (χ0n) is 10.6. The molecule has 1 aromatic heterocycles. The number of hydrogen-bond acceptors (Lipinski definition) is 4. The van der Waals surface area contributed by atoms with E-state index in [1.165, 1.54) is 4.31 Å². The lowest BCUT2D eigenvalue weighted by atomic mass is 10.2. The summed E-state index contributed by atoms with van der Waals surface area (Å²) in [5, 5.41) is 7.50. The number of nitrogens with one attached hydrogen (secondary N) is 1. The maximum atomic E-state index is 12.7. The van der Waals surface area contributed by atoms with Crippen molar-refractivity contribution in [3.05, 3.63) is 23.9 Å². The molecule has 0 amide bonds. The number of nitrogens with two attached hydrogens (primary N) is 1. The van der Waals surface area contributed by atoms with Gasteiger partial charge in [0.05, 0.1) is 11.7 Å². The number of H-pyrrole nitrogens is 1. The fourth-order valence-electron chi connectivity index (χ4n) is 2.48. The van der Waals surface area contributed by atoms with Crippen molar-refractivity contribution in [2.75, 3.05) is 13.1 Å². The average molecular weight is 280 g/mol. The van der Waals surface area contributed by atoms with E-state index in [1.54, 1.807) is 12.3 Å². The number of rotatable bonds is 2. The zero-order chi connectivity index (χ0) is 13.6. The smallest absolute Gasteiger partial charge is 0.245 e. The predicted octanol–water partition coefficient (Wildman–Crippen LogP) is 0.593. The van der Waals surface area contributed by atoms with E-state index in [4.69, 9.17) is 5.73 Å². The monoisotopic (exact) mass is 280 g/mol. The summed E-state index contributed by atoms with van der Waals surface area (Å²) in [5.41, 5.74) is 7.26. The lowest BCUT2D eigenvalue weighted by Crippen LogP contribution is -2.32. The SMILES string of the molecule is Cc1cc(S(=O)(=O)N2CC[C@@H](N)C2)c2[nH]ncc2c1. The van der Waals surface area contributed by atoms with Gasteiger partial charge in [-0.2, -0.15) is 9.40 Å². The van der Waals surface area contributed by atoms with Gasteiger partial charge in [0.25, 0.3) is 0 Å². The Labute approximate surface area is 111 Å². The van der Waals surface area contributed by atoms with E-state index in [1.807, 2.05) is 13.0 Å². The van der Waals surface area contributed by atoms with Crippen molar-refractivity contribution in [3.63, 3.8) is 0 Å². The lowest BCUT2D eigenvalue weighted by Gasteiger charge is -2.16. The highest BCUT2D eigenvalue weighted by Crippen LogP contribution is 2.27. The summed E-state index contributed by atoms with van der Waals surface area (Å²) in [5.74, 6) is 0. The Morgan fingerprint density at radius 1 is 1.47 bits per heavy atom. The molecule has 1 atom stereocenters. The van der Waals surface area contributed by atoms with E-state index in [2.05, 4.69) is 10.2 Å². The van der Waals surface area contributed by atoms with Gasteiger partial charge in [0.1, 0.15) is 4.90 Å². The minimum absolute atomic E-state index is 0.0724. The van der Waals surface area contributed by atoms with Crippen molar-refractivity contribution in [1.29, 1.82) is 0 Å². The highest BCUT2D eigenvalue weighted by atomic mass is 32.2. The molecule has 0 bridgehead atoms. The van der Waals surface area contributed by atoms with Gasteiger partial charge in [-0.1, -0.05) is 0 Å². The Balaban J connectivity index is 2.15. The molecular formula is C12H16N4O2S. The van der Waals surface area contributed by atoms with Gasteiger partial charge in [-0.05, 0) is 31.0 Å². The number of nitrogens with zero attached hydrogens (tertiary/aromatic N) is 2. The standard InChI is InChI=1S/C12H16N4O2S/c1-8-4-9-6-14-15-12(9)11(5-8)19(17,18)16-3-2-10(13)7-16/h4-6,10H,2-3,7,13H2,1H3,(H,14,15)/t10-/m1/s1. The number of sulfonamides is 1. The van der Waals surface area contributed by atoms with Crippen molar-refractivity contribution >= 4 is 20.9 Å². The third-order valence-corrected chi connectivity index (χ3v) is 5.35. The molecule has 1 saturated heterocycles. The molecule has 1 aliphatic rings. The Morgan fingerprint density at radius 3 is 2.95 bits per heavy atom. The molecule has 0 spiro atoms. The molecule has 102 valence electrons. The molecule has 1 aromatic carbocycles. The maximum absolute atomic E-state index is 12.7. The molecule has 6 nitrogen and oxygen atoms in total. The van der Waals surface area contributed by atoms with Crippen LogP contribution in [0.3, 0.4) is 0 Å². The summed E-state index contributed by atoms with van der Waals surface area (Å²) >= 11 is 0. The topological polar surface area (TPSA) is 92.1 Å². The van der Waals surface area contributed by atoms with E-state index in [0.29, 0.717) is 25.0 Å². The quantitative estimate of drug-likeness (QED) is 0.842. The zero-order valence-corrected chi connectivity index (χ0v) is 11.4. The van der Waals surface area contributed by atoms with Crippen LogP contribution in [-0.2, 0) is 10.0 Å². The van der Waals surface area contributed by atoms with Crippen molar-refractivity contribution in [2.45, 2.75) is 24.3 Å². The minimum atomic E-state index is -3.51. The van der Waals surface area contributed by atoms with Crippen LogP contribution in [0.4, 0.5) is 0 Å². The summed E-state index contributed by atoms with van der Waals surface area (Å²) in [6, 6.07) is 3.52. The molecule has 0 radical (unpaired) electrons. The molecule has 1 fully saturated rings. The highest BCUT2D eigenvalue weighted by Gasteiger charge is 2.32. The van der Waals surface area contributed by atoms with Crippen LogP contribution >= 0.6 is 0 Å². The second kappa shape index (κ2) is 4.29. The number of fused-ring (bicyclic) bond motifs is 1. The molecule has 1 aliphatic heterocycles. The molecule has 19 heavy (non-hydrogen) atoms. The maximum Gasteiger partial charge on any atom is 0.245 e. The second-order valence-corrected chi connectivity index (χ2v) is 6.92. The summed E-state index contributed by atoms with van der Waals surface area (Å²) in [4.78, 5) is 0.286. The van der Waals surface area contributed by atoms with Crippen LogP contribution in [0.2, 0.25) is 0 Å². The average Bonchev–Trinajstić information content (AvgIpc) is 2.96. The normalized spacial score (nSPS) is 21.3. The van der Waals surface area contributed by atoms with E-state index in [9.17, 15) is 8.42 Å². The Kier molecular flexibility index (Phi) is 2.84.